The van der Waals surface area contributed by atoms with Crippen molar-refractivity contribution in [2.45, 2.75) is 11.3 Å². The number of hydrogen-bond acceptors (Lipinski definition) is 6. The summed E-state index contributed by atoms with van der Waals surface area (Å²) < 4.78 is 10.7. The van der Waals surface area contributed by atoms with E-state index in [0.717, 1.165) is 10.5 Å². The lowest BCUT2D eigenvalue weighted by Crippen LogP contribution is -2.32. The lowest BCUT2D eigenvalue weighted by atomic mass is 9.97. The fourth-order valence-corrected chi connectivity index (χ4v) is 3.63. The number of nitriles is 1. The summed E-state index contributed by atoms with van der Waals surface area (Å²) in [6, 6.07) is 14.5. The minimum Gasteiger partial charge on any atom is -0.492 e. The number of fused-ring (bicyclic) bond motifs is 1. The monoisotopic (exact) mass is 416 g/mol. The van der Waals surface area contributed by atoms with Gasteiger partial charge in [0.25, 0.3) is 5.91 Å². The number of carbonyl (C=O) groups is 2. The van der Waals surface area contributed by atoms with Crippen molar-refractivity contribution >= 4 is 40.9 Å². The van der Waals surface area contributed by atoms with Gasteiger partial charge in [-0.25, -0.2) is 0 Å². The normalized spacial score (nSPS) is 14.9. The molecule has 28 heavy (non-hydrogen) atoms. The van der Waals surface area contributed by atoms with Crippen LogP contribution in [0, 0.1) is 17.2 Å². The molecule has 3 rings (SSSR count). The third kappa shape index (κ3) is 5.18. The molecule has 0 saturated heterocycles. The molecule has 0 spiro atoms. The van der Waals surface area contributed by atoms with E-state index >= 15 is 0 Å². The molecule has 2 aromatic carbocycles. The van der Waals surface area contributed by atoms with E-state index < -0.39 is 24.4 Å². The molecule has 0 radical (unpaired) electrons. The number of halogens is 1. The van der Waals surface area contributed by atoms with Gasteiger partial charge in [-0.1, -0.05) is 23.7 Å². The molecule has 1 N–H and O–H groups in total. The van der Waals surface area contributed by atoms with Crippen LogP contribution in [0.5, 0.6) is 5.75 Å². The molecule has 1 amide bonds. The van der Waals surface area contributed by atoms with E-state index in [1.165, 1.54) is 11.8 Å². The van der Waals surface area contributed by atoms with Crippen LogP contribution in [-0.2, 0) is 20.7 Å². The number of esters is 1. The van der Waals surface area contributed by atoms with Crippen LogP contribution in [0.25, 0.3) is 0 Å². The molecule has 6 nitrogen and oxygen atoms in total. The lowest BCUT2D eigenvalue weighted by molar-refractivity contribution is -0.152. The first-order chi connectivity index (χ1) is 13.6. The Morgan fingerprint density at radius 3 is 2.96 bits per heavy atom. The lowest BCUT2D eigenvalue weighted by Gasteiger charge is -2.24. The summed E-state index contributed by atoms with van der Waals surface area (Å²) in [5.74, 6) is -0.448. The Bertz CT molecular complexity index is 929. The van der Waals surface area contributed by atoms with Crippen LogP contribution in [0.4, 0.5) is 5.69 Å². The van der Waals surface area contributed by atoms with Crippen LogP contribution in [0.15, 0.2) is 47.4 Å². The Labute approximate surface area is 171 Å². The summed E-state index contributed by atoms with van der Waals surface area (Å²) in [6.07, 6.45) is 0.448. The first kappa shape index (κ1) is 20.1. The summed E-state index contributed by atoms with van der Waals surface area (Å²) in [7, 11) is 0. The summed E-state index contributed by atoms with van der Waals surface area (Å²) >= 11 is 7.30. The minimum absolute atomic E-state index is 0.197. The van der Waals surface area contributed by atoms with E-state index in [9.17, 15) is 9.59 Å². The number of rotatable bonds is 6. The van der Waals surface area contributed by atoms with E-state index in [1.807, 2.05) is 18.2 Å². The summed E-state index contributed by atoms with van der Waals surface area (Å²) in [5.41, 5.74) is 1.42. The standard InChI is InChI=1S/C20H17ClN2O4S/c21-15-5-6-17-13(10-15)9-14(11-26-17)20(25)27-12-19(24)23-16-3-1-2-4-18(16)28-8-7-22/h1-6,10,14H,8-9,11-12H2,(H,23,24)/t14-/m0/s1. The summed E-state index contributed by atoms with van der Waals surface area (Å²) in [5, 5.41) is 12.0. The zero-order chi connectivity index (χ0) is 19.9. The molecule has 1 atom stereocenters. The quantitative estimate of drug-likeness (QED) is 0.570. The maximum Gasteiger partial charge on any atom is 0.313 e. The third-order valence-corrected chi connectivity index (χ3v) is 5.24. The van der Waals surface area contributed by atoms with Gasteiger partial charge in [0.2, 0.25) is 0 Å². The van der Waals surface area contributed by atoms with E-state index in [1.54, 1.807) is 30.3 Å². The van der Waals surface area contributed by atoms with Crippen molar-refractivity contribution in [2.24, 2.45) is 5.92 Å². The number of thioether (sulfide) groups is 1. The minimum atomic E-state index is -0.493. The Hall–Kier alpha value is -2.69. The van der Waals surface area contributed by atoms with Gasteiger partial charge in [0.1, 0.15) is 12.4 Å². The van der Waals surface area contributed by atoms with Gasteiger partial charge in [-0.2, -0.15) is 5.26 Å². The fraction of sp³-hybridized carbons (Fsp3) is 0.250. The largest absolute Gasteiger partial charge is 0.492 e. The smallest absolute Gasteiger partial charge is 0.313 e. The molecule has 0 saturated carbocycles. The molecule has 0 aliphatic carbocycles. The van der Waals surface area contributed by atoms with E-state index in [2.05, 4.69) is 5.32 Å². The predicted octanol–water partition coefficient (Wildman–Crippen LogP) is 3.69. The van der Waals surface area contributed by atoms with Crippen molar-refractivity contribution in [3.63, 3.8) is 0 Å². The van der Waals surface area contributed by atoms with Crippen LogP contribution in [0.1, 0.15) is 5.56 Å². The molecule has 0 unspecified atom stereocenters. The number of nitrogens with one attached hydrogen (secondary N) is 1. The molecule has 0 aromatic heterocycles. The number of hydrogen-bond donors (Lipinski definition) is 1. The van der Waals surface area contributed by atoms with Crippen molar-refractivity contribution < 1.29 is 19.1 Å². The van der Waals surface area contributed by atoms with E-state index in [0.29, 0.717) is 22.9 Å². The highest BCUT2D eigenvalue weighted by Crippen LogP contribution is 2.30. The molecule has 2 aromatic rings. The zero-order valence-electron chi connectivity index (χ0n) is 14.8. The van der Waals surface area contributed by atoms with Crippen LogP contribution in [-0.4, -0.2) is 30.8 Å². The first-order valence-corrected chi connectivity index (χ1v) is 9.89. The van der Waals surface area contributed by atoms with Crippen LogP contribution < -0.4 is 10.1 Å². The predicted molar refractivity (Wildman–Crippen MR) is 107 cm³/mol. The summed E-state index contributed by atoms with van der Waals surface area (Å²) in [6.45, 7) is -0.197. The van der Waals surface area contributed by atoms with Gasteiger partial charge in [0.15, 0.2) is 6.61 Å². The van der Waals surface area contributed by atoms with Crippen LogP contribution >= 0.6 is 23.4 Å². The fourth-order valence-electron chi connectivity index (χ4n) is 2.76. The Morgan fingerprint density at radius 2 is 2.14 bits per heavy atom. The molecule has 0 fully saturated rings. The molecular weight excluding hydrogens is 400 g/mol. The molecule has 1 aliphatic heterocycles. The summed E-state index contributed by atoms with van der Waals surface area (Å²) in [4.78, 5) is 25.2. The van der Waals surface area contributed by atoms with Gasteiger partial charge in [-0.05, 0) is 42.3 Å². The van der Waals surface area contributed by atoms with Gasteiger partial charge in [0.05, 0.1) is 23.4 Å². The number of amides is 1. The molecule has 1 heterocycles. The number of nitrogens with zero attached hydrogens (tertiary/aromatic N) is 1. The van der Waals surface area contributed by atoms with Crippen LogP contribution in [0.2, 0.25) is 5.02 Å². The third-order valence-electron chi connectivity index (χ3n) is 4.06. The number of ether oxygens (including phenoxy) is 2. The van der Waals surface area contributed by atoms with Gasteiger partial charge >= 0.3 is 5.97 Å². The van der Waals surface area contributed by atoms with Gasteiger partial charge in [-0.15, -0.1) is 11.8 Å². The number of benzene rings is 2. The maximum atomic E-state index is 12.3. The van der Waals surface area contributed by atoms with Crippen molar-refractivity contribution in [2.75, 3.05) is 24.3 Å². The maximum absolute atomic E-state index is 12.3. The molecule has 144 valence electrons. The highest BCUT2D eigenvalue weighted by molar-refractivity contribution is 7.99. The Kier molecular flexibility index (Phi) is 6.80. The second-order valence-corrected chi connectivity index (χ2v) is 7.52. The number of anilines is 1. The molecule has 0 bridgehead atoms. The van der Waals surface area contributed by atoms with Gasteiger partial charge < -0.3 is 14.8 Å². The zero-order valence-corrected chi connectivity index (χ0v) is 16.4. The van der Waals surface area contributed by atoms with Crippen molar-refractivity contribution in [3.05, 3.63) is 53.1 Å². The molecular formula is C20H17ClN2O4S. The topological polar surface area (TPSA) is 88.4 Å². The second kappa shape index (κ2) is 9.49. The van der Waals surface area contributed by atoms with E-state index in [4.69, 9.17) is 26.3 Å². The van der Waals surface area contributed by atoms with Crippen molar-refractivity contribution in [3.8, 4) is 11.8 Å². The first-order valence-electron chi connectivity index (χ1n) is 8.53. The Morgan fingerprint density at radius 1 is 1.32 bits per heavy atom. The number of para-hydroxylation sites is 1. The second-order valence-electron chi connectivity index (χ2n) is 6.06. The van der Waals surface area contributed by atoms with Gasteiger partial charge in [-0.3, -0.25) is 9.59 Å². The highest BCUT2D eigenvalue weighted by atomic mass is 35.5. The van der Waals surface area contributed by atoms with E-state index in [-0.39, 0.29) is 12.4 Å². The SMILES string of the molecule is N#CCSc1ccccc1NC(=O)COC(=O)[C@@H]1COc2ccc(Cl)cc2C1. The highest BCUT2D eigenvalue weighted by Gasteiger charge is 2.28. The van der Waals surface area contributed by atoms with Crippen molar-refractivity contribution in [1.82, 2.24) is 0 Å². The average Bonchev–Trinajstić information content (AvgIpc) is 2.70. The van der Waals surface area contributed by atoms with Gasteiger partial charge in [0, 0.05) is 9.92 Å². The number of carbonyl (C=O) groups excluding carboxylic acids is 2. The Balaban J connectivity index is 1.53. The average molecular weight is 417 g/mol. The molecule has 1 aliphatic rings. The van der Waals surface area contributed by atoms with Crippen molar-refractivity contribution in [1.29, 1.82) is 5.26 Å². The van der Waals surface area contributed by atoms with Crippen LogP contribution in [0.3, 0.4) is 0 Å². The molecule has 8 heteroatoms.